The molecule has 1 aromatic rings. The summed E-state index contributed by atoms with van der Waals surface area (Å²) in [5.74, 6) is -0.0857. The van der Waals surface area contributed by atoms with E-state index >= 15 is 0 Å². The van der Waals surface area contributed by atoms with Crippen LogP contribution in [0.5, 0.6) is 0 Å². The van der Waals surface area contributed by atoms with Crippen LogP contribution < -0.4 is 10.6 Å². The Morgan fingerprint density at radius 2 is 2.47 bits per heavy atom. The zero-order chi connectivity index (χ0) is 11.5. The Balaban J connectivity index is 0.00000144. The molecule has 1 aliphatic heterocycles. The van der Waals surface area contributed by atoms with Crippen molar-refractivity contribution in [3.63, 3.8) is 0 Å². The normalized spacial score (nSPS) is 18.8. The Hall–Kier alpha value is -1.07. The highest BCUT2D eigenvalue weighted by Gasteiger charge is 2.16. The van der Waals surface area contributed by atoms with E-state index in [0.29, 0.717) is 18.3 Å². The number of hydrogen-bond acceptors (Lipinski definition) is 3. The molecule has 0 spiro atoms. The summed E-state index contributed by atoms with van der Waals surface area (Å²) >= 11 is 0. The molecule has 1 aliphatic rings. The lowest BCUT2D eigenvalue weighted by molar-refractivity contribution is 0.0944. The number of carbonyl (C=O) groups is 1. The Morgan fingerprint density at radius 1 is 1.71 bits per heavy atom. The Kier molecular flexibility index (Phi) is 4.96. The van der Waals surface area contributed by atoms with Crippen LogP contribution in [0.4, 0.5) is 0 Å². The second kappa shape index (κ2) is 6.02. The van der Waals surface area contributed by atoms with Gasteiger partial charge in [0, 0.05) is 25.3 Å². The molecule has 1 amide bonds. The van der Waals surface area contributed by atoms with Gasteiger partial charge in [0.15, 0.2) is 0 Å². The summed E-state index contributed by atoms with van der Waals surface area (Å²) in [5.41, 5.74) is 1.49. The molecule has 0 bridgehead atoms. The number of halogens is 1. The zero-order valence-corrected chi connectivity index (χ0v) is 11.0. The first-order chi connectivity index (χ1) is 7.66. The second-order valence-corrected chi connectivity index (χ2v) is 4.30. The first kappa shape index (κ1) is 14.0. The monoisotopic (exact) mass is 258 g/mol. The van der Waals surface area contributed by atoms with Crippen molar-refractivity contribution in [3.8, 4) is 0 Å². The smallest absolute Gasteiger partial charge is 0.271 e. The van der Waals surface area contributed by atoms with Crippen molar-refractivity contribution in [2.75, 3.05) is 13.1 Å². The van der Waals surface area contributed by atoms with Crippen molar-refractivity contribution in [1.82, 2.24) is 20.4 Å². The maximum atomic E-state index is 11.8. The molecular weight excluding hydrogens is 240 g/mol. The summed E-state index contributed by atoms with van der Waals surface area (Å²) in [6.07, 6.45) is 2.34. The van der Waals surface area contributed by atoms with Crippen LogP contribution in [0.1, 0.15) is 29.0 Å². The van der Waals surface area contributed by atoms with Crippen LogP contribution in [0.15, 0.2) is 6.07 Å². The van der Waals surface area contributed by atoms with Gasteiger partial charge in [-0.1, -0.05) is 0 Å². The van der Waals surface area contributed by atoms with Crippen LogP contribution in [-0.4, -0.2) is 34.8 Å². The summed E-state index contributed by atoms with van der Waals surface area (Å²) in [7, 11) is 1.84. The maximum absolute atomic E-state index is 11.8. The molecule has 1 fully saturated rings. The lowest BCUT2D eigenvalue weighted by atomic mass is 10.2. The summed E-state index contributed by atoms with van der Waals surface area (Å²) in [6.45, 7) is 3.68. The first-order valence-corrected chi connectivity index (χ1v) is 5.69. The molecule has 2 rings (SSSR count). The van der Waals surface area contributed by atoms with Gasteiger partial charge >= 0.3 is 0 Å². The summed E-state index contributed by atoms with van der Waals surface area (Å²) < 4.78 is 1.71. The van der Waals surface area contributed by atoms with Crippen LogP contribution in [0, 0.1) is 6.92 Å². The third-order valence-electron chi connectivity index (χ3n) is 3.02. The topological polar surface area (TPSA) is 59.0 Å². The first-order valence-electron chi connectivity index (χ1n) is 5.69. The molecule has 2 heterocycles. The summed E-state index contributed by atoms with van der Waals surface area (Å²) in [5, 5.41) is 10.4. The molecule has 0 saturated carbocycles. The van der Waals surface area contributed by atoms with Crippen LogP contribution in [0.25, 0.3) is 0 Å². The van der Waals surface area contributed by atoms with E-state index in [4.69, 9.17) is 0 Å². The van der Waals surface area contributed by atoms with Crippen molar-refractivity contribution in [2.45, 2.75) is 25.8 Å². The van der Waals surface area contributed by atoms with E-state index in [0.717, 1.165) is 18.7 Å². The van der Waals surface area contributed by atoms with E-state index in [1.54, 1.807) is 10.7 Å². The van der Waals surface area contributed by atoms with Crippen molar-refractivity contribution >= 4 is 18.3 Å². The molecule has 6 heteroatoms. The van der Waals surface area contributed by atoms with Gasteiger partial charge in [0.2, 0.25) is 0 Å². The van der Waals surface area contributed by atoms with E-state index in [9.17, 15) is 4.79 Å². The number of hydrogen-bond donors (Lipinski definition) is 2. The molecule has 0 radical (unpaired) electrons. The fraction of sp³-hybridized carbons (Fsp3) is 0.636. The van der Waals surface area contributed by atoms with Crippen LogP contribution in [-0.2, 0) is 7.05 Å². The number of nitrogens with zero attached hydrogens (tertiary/aromatic N) is 2. The molecule has 2 N–H and O–H groups in total. The van der Waals surface area contributed by atoms with Gasteiger partial charge in [0.05, 0.1) is 0 Å². The van der Waals surface area contributed by atoms with Gasteiger partial charge in [0.1, 0.15) is 5.69 Å². The van der Waals surface area contributed by atoms with Crippen molar-refractivity contribution in [1.29, 1.82) is 0 Å². The Bertz CT molecular complexity index is 365. The number of aryl methyl sites for hydroxylation is 2. The lowest BCUT2D eigenvalue weighted by Gasteiger charge is -2.10. The second-order valence-electron chi connectivity index (χ2n) is 4.30. The SMILES string of the molecule is Cc1cc(C(=O)NCC2CCCN2)nn1C.Cl. The Morgan fingerprint density at radius 3 is 3.00 bits per heavy atom. The van der Waals surface area contributed by atoms with E-state index in [1.807, 2.05) is 14.0 Å². The van der Waals surface area contributed by atoms with Crippen molar-refractivity contribution in [3.05, 3.63) is 17.5 Å². The van der Waals surface area contributed by atoms with Gasteiger partial charge in [-0.25, -0.2) is 0 Å². The quantitative estimate of drug-likeness (QED) is 0.836. The van der Waals surface area contributed by atoms with E-state index in [-0.39, 0.29) is 18.3 Å². The highest BCUT2D eigenvalue weighted by molar-refractivity contribution is 5.92. The summed E-state index contributed by atoms with van der Waals surface area (Å²) in [4.78, 5) is 11.8. The molecule has 5 nitrogen and oxygen atoms in total. The van der Waals surface area contributed by atoms with Crippen molar-refractivity contribution in [2.24, 2.45) is 7.05 Å². The predicted molar refractivity (Wildman–Crippen MR) is 68.6 cm³/mol. The van der Waals surface area contributed by atoms with Gasteiger partial charge in [-0.05, 0) is 32.4 Å². The van der Waals surface area contributed by atoms with Gasteiger partial charge < -0.3 is 10.6 Å². The van der Waals surface area contributed by atoms with E-state index in [2.05, 4.69) is 15.7 Å². The number of amides is 1. The number of aromatic nitrogens is 2. The molecule has 0 aromatic carbocycles. The third kappa shape index (κ3) is 3.44. The average Bonchev–Trinajstić information content (AvgIpc) is 2.86. The largest absolute Gasteiger partial charge is 0.349 e. The molecular formula is C11H19ClN4O. The predicted octanol–water partition coefficient (Wildman–Crippen LogP) is 0.632. The fourth-order valence-corrected chi connectivity index (χ4v) is 1.91. The molecule has 1 unspecified atom stereocenters. The van der Waals surface area contributed by atoms with Crippen LogP contribution in [0.3, 0.4) is 0 Å². The highest BCUT2D eigenvalue weighted by atomic mass is 35.5. The van der Waals surface area contributed by atoms with Crippen molar-refractivity contribution < 1.29 is 4.79 Å². The van der Waals surface area contributed by atoms with Crippen LogP contribution in [0.2, 0.25) is 0 Å². The fourth-order valence-electron chi connectivity index (χ4n) is 1.91. The van der Waals surface area contributed by atoms with Gasteiger partial charge in [0.25, 0.3) is 5.91 Å². The minimum atomic E-state index is -0.0857. The Labute approximate surface area is 107 Å². The average molecular weight is 259 g/mol. The number of carbonyl (C=O) groups excluding carboxylic acids is 1. The standard InChI is InChI=1S/C11H18N4O.ClH/c1-8-6-10(14-15(8)2)11(16)13-7-9-4-3-5-12-9;/h6,9,12H,3-5,7H2,1-2H3,(H,13,16);1H. The van der Waals surface area contributed by atoms with Crippen LogP contribution >= 0.6 is 12.4 Å². The molecule has 1 saturated heterocycles. The van der Waals surface area contributed by atoms with Gasteiger partial charge in [-0.2, -0.15) is 5.10 Å². The maximum Gasteiger partial charge on any atom is 0.271 e. The molecule has 96 valence electrons. The number of nitrogens with one attached hydrogen (secondary N) is 2. The molecule has 17 heavy (non-hydrogen) atoms. The molecule has 1 aromatic heterocycles. The summed E-state index contributed by atoms with van der Waals surface area (Å²) in [6, 6.07) is 2.23. The minimum Gasteiger partial charge on any atom is -0.349 e. The highest BCUT2D eigenvalue weighted by Crippen LogP contribution is 2.04. The van der Waals surface area contributed by atoms with E-state index in [1.165, 1.54) is 6.42 Å². The molecule has 1 atom stereocenters. The third-order valence-corrected chi connectivity index (χ3v) is 3.02. The van der Waals surface area contributed by atoms with E-state index < -0.39 is 0 Å². The zero-order valence-electron chi connectivity index (χ0n) is 10.2. The molecule has 0 aliphatic carbocycles. The number of rotatable bonds is 3. The van der Waals surface area contributed by atoms with Gasteiger partial charge in [-0.15, -0.1) is 12.4 Å². The lowest BCUT2D eigenvalue weighted by Crippen LogP contribution is -2.37. The van der Waals surface area contributed by atoms with Gasteiger partial charge in [-0.3, -0.25) is 9.48 Å². The minimum absolute atomic E-state index is 0.